The molecule has 0 saturated heterocycles. The summed E-state index contributed by atoms with van der Waals surface area (Å²) in [7, 11) is 3.16. The van der Waals surface area contributed by atoms with Crippen molar-refractivity contribution in [3.8, 4) is 11.4 Å². The third-order valence-corrected chi connectivity index (χ3v) is 3.17. The van der Waals surface area contributed by atoms with Gasteiger partial charge in [-0.05, 0) is 19.1 Å². The van der Waals surface area contributed by atoms with E-state index >= 15 is 0 Å². The van der Waals surface area contributed by atoms with Gasteiger partial charge in [0.05, 0.1) is 25.1 Å². The summed E-state index contributed by atoms with van der Waals surface area (Å²) in [6.07, 6.45) is 0. The van der Waals surface area contributed by atoms with Gasteiger partial charge in [-0.3, -0.25) is 9.48 Å². The van der Waals surface area contributed by atoms with Crippen LogP contribution < -0.4 is 16.0 Å². The van der Waals surface area contributed by atoms with Crippen LogP contribution >= 0.6 is 0 Å². The van der Waals surface area contributed by atoms with E-state index in [1.54, 1.807) is 25.0 Å². The molecule has 0 radical (unpaired) electrons. The second kappa shape index (κ2) is 5.83. The second-order valence-electron chi connectivity index (χ2n) is 4.33. The van der Waals surface area contributed by atoms with Crippen molar-refractivity contribution in [1.29, 1.82) is 0 Å². The normalized spacial score (nSPS) is 10.8. The molecule has 6 nitrogen and oxygen atoms in total. The predicted molar refractivity (Wildman–Crippen MR) is 77.4 cm³/mol. The van der Waals surface area contributed by atoms with Crippen LogP contribution in [-0.2, 0) is 17.9 Å². The Balaban J connectivity index is 2.66. The van der Waals surface area contributed by atoms with Gasteiger partial charge >= 0.3 is 0 Å². The summed E-state index contributed by atoms with van der Waals surface area (Å²) in [5.74, 6) is 0.685. The van der Waals surface area contributed by atoms with Crippen molar-refractivity contribution >= 4 is 5.69 Å². The molecular weight excluding hydrogens is 258 g/mol. The number of nitrogens with two attached hydrogens (primary N) is 1. The van der Waals surface area contributed by atoms with Crippen molar-refractivity contribution in [2.75, 3.05) is 20.0 Å². The van der Waals surface area contributed by atoms with E-state index in [1.807, 2.05) is 29.8 Å². The molecule has 1 aromatic carbocycles. The van der Waals surface area contributed by atoms with Crippen molar-refractivity contribution in [2.24, 2.45) is 0 Å². The van der Waals surface area contributed by atoms with Crippen LogP contribution in [0, 0.1) is 0 Å². The van der Waals surface area contributed by atoms with Gasteiger partial charge in [0, 0.05) is 19.7 Å². The van der Waals surface area contributed by atoms with Crippen LogP contribution in [0.5, 0.6) is 5.75 Å². The Morgan fingerprint density at radius 3 is 2.65 bits per heavy atom. The van der Waals surface area contributed by atoms with E-state index in [4.69, 9.17) is 15.2 Å². The monoisotopic (exact) mass is 277 g/mol. The van der Waals surface area contributed by atoms with Crippen molar-refractivity contribution in [3.63, 3.8) is 0 Å². The molecule has 0 aliphatic rings. The lowest BCUT2D eigenvalue weighted by Crippen LogP contribution is -2.22. The lowest BCUT2D eigenvalue weighted by atomic mass is 10.3. The first-order chi connectivity index (χ1) is 9.63. The number of aromatic nitrogens is 2. The molecule has 108 valence electrons. The van der Waals surface area contributed by atoms with Gasteiger partial charge in [0.25, 0.3) is 5.56 Å². The first-order valence-corrected chi connectivity index (χ1v) is 6.37. The maximum absolute atomic E-state index is 12.4. The zero-order valence-corrected chi connectivity index (χ0v) is 11.9. The van der Waals surface area contributed by atoms with Crippen molar-refractivity contribution < 1.29 is 9.47 Å². The molecule has 1 aromatic heterocycles. The van der Waals surface area contributed by atoms with E-state index in [1.165, 1.54) is 0 Å². The van der Waals surface area contributed by atoms with Gasteiger partial charge in [-0.1, -0.05) is 6.07 Å². The number of nitrogens with zero attached hydrogens (tertiary/aromatic N) is 2. The molecule has 0 unspecified atom stereocenters. The van der Waals surface area contributed by atoms with Crippen LogP contribution in [-0.4, -0.2) is 23.6 Å². The average molecular weight is 277 g/mol. The number of ether oxygens (including phenoxy) is 2. The van der Waals surface area contributed by atoms with Crippen LogP contribution in [0.2, 0.25) is 0 Å². The van der Waals surface area contributed by atoms with E-state index in [2.05, 4.69) is 0 Å². The summed E-state index contributed by atoms with van der Waals surface area (Å²) < 4.78 is 13.7. The molecule has 0 atom stereocenters. The van der Waals surface area contributed by atoms with Gasteiger partial charge in [-0.2, -0.15) is 0 Å². The molecule has 6 heteroatoms. The topological polar surface area (TPSA) is 71.4 Å². The maximum Gasteiger partial charge on any atom is 0.294 e. The Bertz CT molecular complexity index is 658. The third-order valence-electron chi connectivity index (χ3n) is 3.17. The first kappa shape index (κ1) is 14.2. The highest BCUT2D eigenvalue weighted by Gasteiger charge is 2.17. The van der Waals surface area contributed by atoms with E-state index in [9.17, 15) is 4.79 Å². The highest BCUT2D eigenvalue weighted by Crippen LogP contribution is 2.18. The van der Waals surface area contributed by atoms with Gasteiger partial charge in [0.15, 0.2) is 0 Å². The van der Waals surface area contributed by atoms with Crippen LogP contribution in [0.4, 0.5) is 5.69 Å². The van der Waals surface area contributed by atoms with E-state index in [0.717, 1.165) is 0 Å². The standard InChI is InChI=1S/C14H19N3O3/c1-4-16-12(9-19-2)13(15)14(18)17(16)10-6-5-7-11(8-10)20-3/h5-8H,4,9,15H2,1-3H3. The summed E-state index contributed by atoms with van der Waals surface area (Å²) in [6, 6.07) is 7.29. The van der Waals surface area contributed by atoms with E-state index < -0.39 is 0 Å². The fourth-order valence-electron chi connectivity index (χ4n) is 2.23. The van der Waals surface area contributed by atoms with Crippen LogP contribution in [0.3, 0.4) is 0 Å². The fourth-order valence-corrected chi connectivity index (χ4v) is 2.23. The smallest absolute Gasteiger partial charge is 0.294 e. The Morgan fingerprint density at radius 2 is 2.05 bits per heavy atom. The van der Waals surface area contributed by atoms with Gasteiger partial charge in [0.2, 0.25) is 0 Å². The quantitative estimate of drug-likeness (QED) is 0.896. The zero-order valence-electron chi connectivity index (χ0n) is 11.9. The molecule has 0 bridgehead atoms. The number of methoxy groups -OCH3 is 2. The molecule has 2 aromatic rings. The van der Waals surface area contributed by atoms with Gasteiger partial charge in [0.1, 0.15) is 11.4 Å². The SMILES string of the molecule is CCn1c(COC)c(N)c(=O)n1-c1cccc(OC)c1. The highest BCUT2D eigenvalue weighted by atomic mass is 16.5. The van der Waals surface area contributed by atoms with Crippen molar-refractivity contribution in [2.45, 2.75) is 20.1 Å². The maximum atomic E-state index is 12.4. The molecule has 0 fully saturated rings. The average Bonchev–Trinajstić information content (AvgIpc) is 2.72. The Labute approximate surface area is 117 Å². The van der Waals surface area contributed by atoms with Gasteiger partial charge < -0.3 is 15.2 Å². The number of hydrogen-bond donors (Lipinski definition) is 1. The summed E-state index contributed by atoms with van der Waals surface area (Å²) >= 11 is 0. The lowest BCUT2D eigenvalue weighted by Gasteiger charge is -2.13. The molecule has 0 aliphatic carbocycles. The predicted octanol–water partition coefficient (Wildman–Crippen LogP) is 1.40. The van der Waals surface area contributed by atoms with Gasteiger partial charge in [-0.15, -0.1) is 0 Å². The zero-order chi connectivity index (χ0) is 14.7. The number of rotatable bonds is 5. The fraction of sp³-hybridized carbons (Fsp3) is 0.357. The summed E-state index contributed by atoms with van der Waals surface area (Å²) in [5, 5.41) is 0. The summed E-state index contributed by atoms with van der Waals surface area (Å²) in [4.78, 5) is 12.4. The summed E-state index contributed by atoms with van der Waals surface area (Å²) in [5.41, 5.74) is 7.28. The minimum atomic E-state index is -0.243. The Hall–Kier alpha value is -2.21. The van der Waals surface area contributed by atoms with E-state index in [0.29, 0.717) is 30.3 Å². The minimum Gasteiger partial charge on any atom is -0.497 e. The van der Waals surface area contributed by atoms with Crippen molar-refractivity contribution in [3.05, 3.63) is 40.3 Å². The molecule has 0 saturated carbocycles. The molecule has 20 heavy (non-hydrogen) atoms. The first-order valence-electron chi connectivity index (χ1n) is 6.37. The molecular formula is C14H19N3O3. The third kappa shape index (κ3) is 2.30. The second-order valence-corrected chi connectivity index (χ2v) is 4.33. The highest BCUT2D eigenvalue weighted by molar-refractivity contribution is 5.47. The number of anilines is 1. The van der Waals surface area contributed by atoms with E-state index in [-0.39, 0.29) is 11.2 Å². The number of benzene rings is 1. The molecule has 0 amide bonds. The number of nitrogen functional groups attached to an aromatic ring is 1. The number of hydrogen-bond acceptors (Lipinski definition) is 4. The van der Waals surface area contributed by atoms with Gasteiger partial charge in [-0.25, -0.2) is 4.68 Å². The molecule has 2 N–H and O–H groups in total. The molecule has 0 spiro atoms. The molecule has 1 heterocycles. The van der Waals surface area contributed by atoms with Crippen LogP contribution in [0.1, 0.15) is 12.6 Å². The minimum absolute atomic E-state index is 0.219. The van der Waals surface area contributed by atoms with Crippen LogP contribution in [0.15, 0.2) is 29.1 Å². The summed E-state index contributed by atoms with van der Waals surface area (Å²) in [6.45, 7) is 2.86. The molecule has 0 aliphatic heterocycles. The largest absolute Gasteiger partial charge is 0.497 e. The van der Waals surface area contributed by atoms with Crippen molar-refractivity contribution in [1.82, 2.24) is 9.36 Å². The van der Waals surface area contributed by atoms with Crippen LogP contribution in [0.25, 0.3) is 5.69 Å². The Kier molecular flexibility index (Phi) is 4.14. The Morgan fingerprint density at radius 1 is 1.30 bits per heavy atom. The lowest BCUT2D eigenvalue weighted by molar-refractivity contribution is 0.176. The molecule has 2 rings (SSSR count).